The molecule has 1 unspecified atom stereocenters. The predicted octanol–water partition coefficient (Wildman–Crippen LogP) is 2.00. The van der Waals surface area contributed by atoms with E-state index in [0.29, 0.717) is 11.5 Å². The van der Waals surface area contributed by atoms with E-state index in [1.54, 1.807) is 29.4 Å². The number of hydrogen-bond donors (Lipinski definition) is 2. The molecule has 122 valence electrons. The summed E-state index contributed by atoms with van der Waals surface area (Å²) in [5, 5.41) is 7.45. The lowest BCUT2D eigenvalue weighted by molar-refractivity contribution is -0.141. The molecule has 1 aromatic heterocycles. The van der Waals surface area contributed by atoms with Gasteiger partial charge in [0.25, 0.3) is 5.91 Å². The van der Waals surface area contributed by atoms with E-state index >= 15 is 0 Å². The molecule has 0 spiro atoms. The van der Waals surface area contributed by atoms with Crippen LogP contribution in [0.25, 0.3) is 0 Å². The number of ether oxygens (including phenoxy) is 2. The summed E-state index contributed by atoms with van der Waals surface area (Å²) in [6.07, 6.45) is -4.33. The number of carbonyl (C=O) groups excluding carboxylic acids is 1. The maximum absolute atomic E-state index is 12.7. The van der Waals surface area contributed by atoms with E-state index in [4.69, 9.17) is 9.47 Å². The Kier molecular flexibility index (Phi) is 3.85. The third-order valence-corrected chi connectivity index (χ3v) is 3.23. The number of nitrogens with one attached hydrogen (secondary N) is 2. The van der Waals surface area contributed by atoms with E-state index in [2.05, 4.69) is 10.4 Å². The number of aromatic nitrogens is 2. The first-order valence-corrected chi connectivity index (χ1v) is 6.72. The van der Waals surface area contributed by atoms with Crippen LogP contribution >= 0.6 is 0 Å². The van der Waals surface area contributed by atoms with Gasteiger partial charge in [-0.25, -0.2) is 0 Å². The number of hydrogen-bond acceptors (Lipinski definition) is 4. The normalized spacial score (nSPS) is 16.9. The first-order valence-electron chi connectivity index (χ1n) is 6.72. The van der Waals surface area contributed by atoms with Crippen LogP contribution in [0.3, 0.4) is 0 Å². The first kappa shape index (κ1) is 15.2. The number of benzene rings is 1. The van der Waals surface area contributed by atoms with Crippen molar-refractivity contribution in [3.05, 3.63) is 41.7 Å². The van der Waals surface area contributed by atoms with Crippen molar-refractivity contribution in [1.82, 2.24) is 15.5 Å². The Bertz CT molecular complexity index is 715. The van der Waals surface area contributed by atoms with Crippen molar-refractivity contribution in [2.45, 2.75) is 12.3 Å². The van der Waals surface area contributed by atoms with E-state index in [9.17, 15) is 18.0 Å². The zero-order valence-corrected chi connectivity index (χ0v) is 11.7. The summed E-state index contributed by atoms with van der Waals surface area (Å²) in [7, 11) is 0. The van der Waals surface area contributed by atoms with Gasteiger partial charge in [0.15, 0.2) is 17.2 Å². The van der Waals surface area contributed by atoms with Crippen LogP contribution in [0.15, 0.2) is 30.5 Å². The first-order chi connectivity index (χ1) is 10.9. The standard InChI is InChI=1S/C14H12F3N3O3/c15-14(16,17)12-9(6-19-20-12)13(21)18-5-8-7-22-10-3-1-2-4-11(10)23-8/h1-4,6,8H,5,7H2,(H,18,21)(H,19,20). The molecule has 2 heterocycles. The number of rotatable bonds is 3. The average Bonchev–Trinajstić information content (AvgIpc) is 3.02. The number of alkyl halides is 3. The number of carbonyl (C=O) groups is 1. The Morgan fingerprint density at radius 1 is 1.35 bits per heavy atom. The molecular weight excluding hydrogens is 315 g/mol. The Morgan fingerprint density at radius 3 is 2.83 bits per heavy atom. The second-order valence-corrected chi connectivity index (χ2v) is 4.86. The predicted molar refractivity (Wildman–Crippen MR) is 72.3 cm³/mol. The van der Waals surface area contributed by atoms with Gasteiger partial charge in [0.1, 0.15) is 12.7 Å². The van der Waals surface area contributed by atoms with Crippen molar-refractivity contribution in [3.8, 4) is 11.5 Å². The molecule has 23 heavy (non-hydrogen) atoms. The molecule has 0 saturated heterocycles. The summed E-state index contributed by atoms with van der Waals surface area (Å²) < 4.78 is 49.2. The Labute approximate surface area is 128 Å². The molecule has 0 fully saturated rings. The van der Waals surface area contributed by atoms with Gasteiger partial charge < -0.3 is 14.8 Å². The van der Waals surface area contributed by atoms with E-state index in [1.165, 1.54) is 0 Å². The number of nitrogens with zero attached hydrogens (tertiary/aromatic N) is 1. The Hall–Kier alpha value is -2.71. The highest BCUT2D eigenvalue weighted by molar-refractivity contribution is 5.95. The molecule has 0 saturated carbocycles. The zero-order chi connectivity index (χ0) is 16.4. The lowest BCUT2D eigenvalue weighted by atomic mass is 10.2. The summed E-state index contributed by atoms with van der Waals surface area (Å²) in [4.78, 5) is 11.9. The molecule has 1 atom stereocenters. The third kappa shape index (κ3) is 3.22. The summed E-state index contributed by atoms with van der Waals surface area (Å²) in [6.45, 7) is 0.199. The van der Waals surface area contributed by atoms with Crippen LogP contribution in [0.5, 0.6) is 11.5 Å². The van der Waals surface area contributed by atoms with Crippen molar-refractivity contribution in [2.75, 3.05) is 13.2 Å². The van der Waals surface area contributed by atoms with Gasteiger partial charge in [-0.1, -0.05) is 12.1 Å². The molecule has 1 aromatic carbocycles. The molecule has 2 N–H and O–H groups in total. The topological polar surface area (TPSA) is 76.2 Å². The fraction of sp³-hybridized carbons (Fsp3) is 0.286. The summed E-state index contributed by atoms with van der Waals surface area (Å²) in [5.41, 5.74) is -1.74. The Balaban J connectivity index is 1.62. The van der Waals surface area contributed by atoms with Crippen LogP contribution in [0, 0.1) is 0 Å². The average molecular weight is 327 g/mol. The molecule has 0 radical (unpaired) electrons. The SMILES string of the molecule is O=C(NCC1COc2ccccc2O1)c1cn[nH]c1C(F)(F)F. The van der Waals surface area contributed by atoms with Crippen LogP contribution in [0.1, 0.15) is 16.1 Å². The maximum atomic E-state index is 12.7. The van der Waals surface area contributed by atoms with Crippen LogP contribution < -0.4 is 14.8 Å². The number of amides is 1. The maximum Gasteiger partial charge on any atom is 0.433 e. The molecule has 1 amide bonds. The summed E-state index contributed by atoms with van der Waals surface area (Å²) >= 11 is 0. The fourth-order valence-corrected chi connectivity index (χ4v) is 2.14. The van der Waals surface area contributed by atoms with E-state index in [1.807, 2.05) is 0 Å². The number of H-pyrrole nitrogens is 1. The molecule has 1 aliphatic rings. The van der Waals surface area contributed by atoms with E-state index in [-0.39, 0.29) is 13.2 Å². The number of para-hydroxylation sites is 2. The lowest BCUT2D eigenvalue weighted by Crippen LogP contribution is -2.41. The van der Waals surface area contributed by atoms with Gasteiger partial charge in [0.05, 0.1) is 18.3 Å². The molecule has 1 aliphatic heterocycles. The minimum Gasteiger partial charge on any atom is -0.486 e. The lowest BCUT2D eigenvalue weighted by Gasteiger charge is -2.26. The van der Waals surface area contributed by atoms with Crippen LogP contribution in [-0.4, -0.2) is 35.4 Å². The van der Waals surface area contributed by atoms with Gasteiger partial charge >= 0.3 is 6.18 Å². The van der Waals surface area contributed by atoms with Crippen molar-refractivity contribution < 1.29 is 27.4 Å². The molecule has 9 heteroatoms. The van der Waals surface area contributed by atoms with Crippen LogP contribution in [0.2, 0.25) is 0 Å². The minimum absolute atomic E-state index is 0.00957. The molecule has 0 aliphatic carbocycles. The smallest absolute Gasteiger partial charge is 0.433 e. The number of halogens is 3. The van der Waals surface area contributed by atoms with Gasteiger partial charge in [-0.15, -0.1) is 0 Å². The molecule has 2 aromatic rings. The molecule has 6 nitrogen and oxygen atoms in total. The van der Waals surface area contributed by atoms with Gasteiger partial charge in [0, 0.05) is 0 Å². The van der Waals surface area contributed by atoms with Crippen LogP contribution in [-0.2, 0) is 6.18 Å². The zero-order valence-electron chi connectivity index (χ0n) is 11.7. The second-order valence-electron chi connectivity index (χ2n) is 4.86. The van der Waals surface area contributed by atoms with Gasteiger partial charge in [-0.2, -0.15) is 18.3 Å². The largest absolute Gasteiger partial charge is 0.486 e. The molecular formula is C14H12F3N3O3. The van der Waals surface area contributed by atoms with Crippen molar-refractivity contribution in [1.29, 1.82) is 0 Å². The minimum atomic E-state index is -4.67. The molecule has 3 rings (SSSR count). The van der Waals surface area contributed by atoms with Crippen molar-refractivity contribution in [3.63, 3.8) is 0 Å². The third-order valence-electron chi connectivity index (χ3n) is 3.23. The van der Waals surface area contributed by atoms with Crippen molar-refractivity contribution >= 4 is 5.91 Å². The number of aromatic amines is 1. The highest BCUT2D eigenvalue weighted by atomic mass is 19.4. The summed E-state index contributed by atoms with van der Waals surface area (Å²) in [6, 6.07) is 7.01. The van der Waals surface area contributed by atoms with Gasteiger partial charge in [0.2, 0.25) is 0 Å². The highest BCUT2D eigenvalue weighted by Crippen LogP contribution is 2.31. The highest BCUT2D eigenvalue weighted by Gasteiger charge is 2.37. The Morgan fingerprint density at radius 2 is 2.09 bits per heavy atom. The van der Waals surface area contributed by atoms with E-state index in [0.717, 1.165) is 6.20 Å². The summed E-state index contributed by atoms with van der Waals surface area (Å²) in [5.74, 6) is 0.232. The van der Waals surface area contributed by atoms with Crippen LogP contribution in [0.4, 0.5) is 13.2 Å². The van der Waals surface area contributed by atoms with E-state index < -0.39 is 29.4 Å². The van der Waals surface area contributed by atoms with Gasteiger partial charge in [-0.05, 0) is 12.1 Å². The second kappa shape index (κ2) is 5.82. The monoisotopic (exact) mass is 327 g/mol. The number of fused-ring (bicyclic) bond motifs is 1. The molecule has 0 bridgehead atoms. The quantitative estimate of drug-likeness (QED) is 0.904. The fourth-order valence-electron chi connectivity index (χ4n) is 2.14. The van der Waals surface area contributed by atoms with Crippen molar-refractivity contribution in [2.24, 2.45) is 0 Å². The van der Waals surface area contributed by atoms with Gasteiger partial charge in [-0.3, -0.25) is 9.89 Å².